The summed E-state index contributed by atoms with van der Waals surface area (Å²) in [6.07, 6.45) is 7.57. The molecule has 0 amide bonds. The Kier molecular flexibility index (Phi) is 1.78. The van der Waals surface area contributed by atoms with Crippen molar-refractivity contribution in [3.05, 3.63) is 59.4 Å². The smallest absolute Gasteiger partial charge is 0.0490 e. The summed E-state index contributed by atoms with van der Waals surface area (Å²) in [5, 5.41) is 0. The molecule has 0 radical (unpaired) electrons. The Bertz CT molecular complexity index is 518. The van der Waals surface area contributed by atoms with Gasteiger partial charge in [-0.05, 0) is 42.7 Å². The van der Waals surface area contributed by atoms with E-state index in [2.05, 4.69) is 60.3 Å². The van der Waals surface area contributed by atoms with Crippen LogP contribution in [0.15, 0.2) is 48.3 Å². The minimum atomic E-state index is 1.09. The summed E-state index contributed by atoms with van der Waals surface area (Å²) in [5.41, 5.74) is 5.58. The van der Waals surface area contributed by atoms with E-state index in [-0.39, 0.29) is 0 Å². The van der Waals surface area contributed by atoms with Gasteiger partial charge in [0.1, 0.15) is 0 Å². The van der Waals surface area contributed by atoms with Gasteiger partial charge in [-0.15, -0.1) is 0 Å². The third kappa shape index (κ3) is 1.32. The predicted octanol–water partition coefficient (Wildman–Crippen LogP) is 3.44. The predicted molar refractivity (Wildman–Crippen MR) is 63.1 cm³/mol. The van der Waals surface area contributed by atoms with E-state index in [4.69, 9.17) is 0 Å². The van der Waals surface area contributed by atoms with Gasteiger partial charge in [0, 0.05) is 18.1 Å². The Hall–Kier alpha value is -1.76. The van der Waals surface area contributed by atoms with Crippen LogP contribution < -0.4 is 0 Å². The summed E-state index contributed by atoms with van der Waals surface area (Å²) >= 11 is 0. The van der Waals surface area contributed by atoms with Crippen molar-refractivity contribution in [1.82, 2.24) is 4.57 Å². The molecule has 74 valence electrons. The van der Waals surface area contributed by atoms with Gasteiger partial charge in [0.25, 0.3) is 0 Å². The molecule has 0 atom stereocenters. The van der Waals surface area contributed by atoms with Gasteiger partial charge in [-0.1, -0.05) is 23.8 Å². The van der Waals surface area contributed by atoms with Crippen LogP contribution in [0.4, 0.5) is 0 Å². The minimum absolute atomic E-state index is 1.09. The lowest BCUT2D eigenvalue weighted by molar-refractivity contribution is 1.03. The van der Waals surface area contributed by atoms with Crippen LogP contribution in [-0.4, -0.2) is 4.57 Å². The molecule has 0 saturated heterocycles. The van der Waals surface area contributed by atoms with E-state index in [0.717, 1.165) is 6.42 Å². The maximum atomic E-state index is 2.28. The molecule has 1 heteroatoms. The van der Waals surface area contributed by atoms with Gasteiger partial charge in [-0.3, -0.25) is 0 Å². The van der Waals surface area contributed by atoms with Crippen molar-refractivity contribution in [2.75, 3.05) is 0 Å². The van der Waals surface area contributed by atoms with Crippen LogP contribution in [-0.2, 0) is 6.42 Å². The minimum Gasteiger partial charge on any atom is -0.324 e. The lowest BCUT2D eigenvalue weighted by Crippen LogP contribution is -1.96. The second kappa shape index (κ2) is 3.13. The first-order chi connectivity index (χ1) is 7.34. The number of hydrogen-bond acceptors (Lipinski definition) is 0. The highest BCUT2D eigenvalue weighted by atomic mass is 14.9. The van der Waals surface area contributed by atoms with E-state index in [0.29, 0.717) is 0 Å². The van der Waals surface area contributed by atoms with Crippen LogP contribution in [0, 0.1) is 0 Å². The summed E-state index contributed by atoms with van der Waals surface area (Å²) < 4.78 is 2.19. The van der Waals surface area contributed by atoms with Crippen molar-refractivity contribution >= 4 is 6.08 Å². The van der Waals surface area contributed by atoms with Gasteiger partial charge < -0.3 is 4.57 Å². The third-order valence-corrected chi connectivity index (χ3v) is 2.93. The molecule has 15 heavy (non-hydrogen) atoms. The zero-order valence-electron chi connectivity index (χ0n) is 8.77. The number of hydrogen-bond donors (Lipinski definition) is 0. The topological polar surface area (TPSA) is 4.93 Å². The summed E-state index contributed by atoms with van der Waals surface area (Å²) in [6.45, 7) is 2.19. The maximum absolute atomic E-state index is 2.28. The maximum Gasteiger partial charge on any atom is 0.0490 e. The van der Waals surface area contributed by atoms with Crippen LogP contribution in [0.3, 0.4) is 0 Å². The Balaban J connectivity index is 2.18. The van der Waals surface area contributed by atoms with Crippen LogP contribution in [0.2, 0.25) is 0 Å². The Morgan fingerprint density at radius 1 is 1.07 bits per heavy atom. The molecule has 2 aromatic rings. The van der Waals surface area contributed by atoms with Gasteiger partial charge in [-0.25, -0.2) is 0 Å². The highest BCUT2D eigenvalue weighted by Crippen LogP contribution is 2.29. The average molecular weight is 195 g/mol. The third-order valence-electron chi connectivity index (χ3n) is 2.93. The summed E-state index contributed by atoms with van der Waals surface area (Å²) in [7, 11) is 0. The van der Waals surface area contributed by atoms with Gasteiger partial charge in [0.2, 0.25) is 0 Å². The van der Waals surface area contributed by atoms with Crippen molar-refractivity contribution in [2.24, 2.45) is 0 Å². The van der Waals surface area contributed by atoms with Crippen LogP contribution in [0.25, 0.3) is 11.8 Å². The zero-order valence-corrected chi connectivity index (χ0v) is 8.77. The number of allylic oxidation sites excluding steroid dienone is 1. The lowest BCUT2D eigenvalue weighted by Gasteiger charge is -2.09. The molecule has 3 rings (SSSR count). The highest BCUT2D eigenvalue weighted by Gasteiger charge is 2.13. The van der Waals surface area contributed by atoms with Crippen molar-refractivity contribution in [3.63, 3.8) is 0 Å². The quantitative estimate of drug-likeness (QED) is 0.657. The molecule has 1 aliphatic carbocycles. The molecule has 0 unspecified atom stereocenters. The molecule has 1 aromatic heterocycles. The molecule has 1 nitrogen and oxygen atoms in total. The highest BCUT2D eigenvalue weighted by molar-refractivity contribution is 5.68. The number of aromatic nitrogens is 1. The molecule has 0 spiro atoms. The van der Waals surface area contributed by atoms with E-state index in [1.54, 1.807) is 0 Å². The fraction of sp³-hybridized carbons (Fsp3) is 0.143. The second-order valence-electron chi connectivity index (χ2n) is 4.10. The molecule has 0 bridgehead atoms. The normalized spacial score (nSPS) is 13.8. The summed E-state index contributed by atoms with van der Waals surface area (Å²) in [4.78, 5) is 0. The first-order valence-corrected chi connectivity index (χ1v) is 5.27. The molecular weight excluding hydrogens is 182 g/mol. The van der Waals surface area contributed by atoms with Gasteiger partial charge in [0.15, 0.2) is 0 Å². The average Bonchev–Trinajstić information content (AvgIpc) is 2.82. The molecular formula is C14H13N. The van der Waals surface area contributed by atoms with Gasteiger partial charge >= 0.3 is 0 Å². The Labute approximate surface area is 89.7 Å². The zero-order chi connectivity index (χ0) is 10.3. The van der Waals surface area contributed by atoms with Crippen molar-refractivity contribution < 1.29 is 0 Å². The van der Waals surface area contributed by atoms with Crippen molar-refractivity contribution in [3.8, 4) is 5.69 Å². The molecule has 1 heterocycles. The number of rotatable bonds is 1. The standard InChI is InChI=1S/C14H13N/c1-11-9-12-5-4-6-14(13(12)10-11)15-7-2-3-8-15/h2-9H,10H2,1H3. The Morgan fingerprint density at radius 2 is 1.87 bits per heavy atom. The van der Waals surface area contributed by atoms with Crippen LogP contribution in [0.1, 0.15) is 18.1 Å². The fourth-order valence-corrected chi connectivity index (χ4v) is 2.25. The molecule has 0 N–H and O–H groups in total. The Morgan fingerprint density at radius 3 is 2.67 bits per heavy atom. The fourth-order valence-electron chi connectivity index (χ4n) is 2.25. The molecule has 0 aliphatic heterocycles. The second-order valence-corrected chi connectivity index (χ2v) is 4.10. The first kappa shape index (κ1) is 8.54. The molecule has 0 fully saturated rings. The van der Waals surface area contributed by atoms with E-state index in [1.807, 2.05) is 0 Å². The summed E-state index contributed by atoms with van der Waals surface area (Å²) in [6, 6.07) is 10.6. The van der Waals surface area contributed by atoms with Gasteiger partial charge in [0.05, 0.1) is 0 Å². The van der Waals surface area contributed by atoms with Crippen molar-refractivity contribution in [1.29, 1.82) is 0 Å². The van der Waals surface area contributed by atoms with Crippen LogP contribution >= 0.6 is 0 Å². The number of benzene rings is 1. The van der Waals surface area contributed by atoms with Crippen LogP contribution in [0.5, 0.6) is 0 Å². The van der Waals surface area contributed by atoms with E-state index < -0.39 is 0 Å². The largest absolute Gasteiger partial charge is 0.324 e. The SMILES string of the molecule is CC1=Cc2cccc(-n3cccc3)c2C1. The number of nitrogens with zero attached hydrogens (tertiary/aromatic N) is 1. The number of fused-ring (bicyclic) bond motifs is 1. The molecule has 1 aromatic carbocycles. The van der Waals surface area contributed by atoms with E-state index in [1.165, 1.54) is 22.4 Å². The first-order valence-electron chi connectivity index (χ1n) is 5.27. The molecule has 0 saturated carbocycles. The van der Waals surface area contributed by atoms with E-state index in [9.17, 15) is 0 Å². The lowest BCUT2D eigenvalue weighted by atomic mass is 10.1. The van der Waals surface area contributed by atoms with E-state index >= 15 is 0 Å². The molecule has 1 aliphatic rings. The van der Waals surface area contributed by atoms with Gasteiger partial charge in [-0.2, -0.15) is 0 Å². The summed E-state index contributed by atoms with van der Waals surface area (Å²) in [5.74, 6) is 0. The monoisotopic (exact) mass is 195 g/mol. The van der Waals surface area contributed by atoms with Crippen molar-refractivity contribution in [2.45, 2.75) is 13.3 Å².